The summed E-state index contributed by atoms with van der Waals surface area (Å²) in [5.74, 6) is 0. The lowest BCUT2D eigenvalue weighted by molar-refractivity contribution is 0.465. The van der Waals surface area contributed by atoms with E-state index in [0.717, 1.165) is 12.6 Å². The first kappa shape index (κ1) is 11.7. The number of benzene rings is 1. The molecule has 0 saturated heterocycles. The Kier molecular flexibility index (Phi) is 3.07. The molecule has 1 aromatic rings. The van der Waals surface area contributed by atoms with E-state index in [1.165, 1.54) is 29.5 Å². The molecular formula is C15H23N. The van der Waals surface area contributed by atoms with Crippen LogP contribution in [-0.4, -0.2) is 12.6 Å². The van der Waals surface area contributed by atoms with E-state index in [0.29, 0.717) is 0 Å². The van der Waals surface area contributed by atoms with Crippen molar-refractivity contribution in [3.05, 3.63) is 34.9 Å². The number of nitrogens with one attached hydrogen (secondary N) is 1. The quantitative estimate of drug-likeness (QED) is 0.815. The smallest absolute Gasteiger partial charge is 0.00685 e. The van der Waals surface area contributed by atoms with Crippen LogP contribution in [0.15, 0.2) is 18.2 Å². The van der Waals surface area contributed by atoms with Crippen molar-refractivity contribution in [2.75, 3.05) is 6.54 Å². The molecule has 0 atom stereocenters. The molecule has 1 heteroatoms. The molecule has 1 fully saturated rings. The van der Waals surface area contributed by atoms with E-state index in [4.69, 9.17) is 0 Å². The topological polar surface area (TPSA) is 12.0 Å². The van der Waals surface area contributed by atoms with Crippen molar-refractivity contribution in [2.45, 2.75) is 52.0 Å². The van der Waals surface area contributed by atoms with Gasteiger partial charge in [0.1, 0.15) is 0 Å². The molecule has 1 aliphatic rings. The Hall–Kier alpha value is -0.820. The highest BCUT2D eigenvalue weighted by Gasteiger charge is 2.27. The van der Waals surface area contributed by atoms with Gasteiger partial charge in [-0.15, -0.1) is 0 Å². The molecule has 0 unspecified atom stereocenters. The molecule has 16 heavy (non-hydrogen) atoms. The van der Waals surface area contributed by atoms with Crippen LogP contribution >= 0.6 is 0 Å². The zero-order valence-corrected chi connectivity index (χ0v) is 10.9. The summed E-state index contributed by atoms with van der Waals surface area (Å²) >= 11 is 0. The Morgan fingerprint density at radius 2 is 1.94 bits per heavy atom. The Bertz CT molecular complexity index is 375. The minimum atomic E-state index is 0.235. The van der Waals surface area contributed by atoms with Crippen LogP contribution in [0.4, 0.5) is 0 Å². The van der Waals surface area contributed by atoms with Crippen LogP contribution in [-0.2, 0) is 5.41 Å². The second-order valence-electron chi connectivity index (χ2n) is 5.86. The SMILES string of the molecule is Cc1ccc(C)c(C(C)(C)CNC2CC2)c1. The van der Waals surface area contributed by atoms with Gasteiger partial charge in [0.2, 0.25) is 0 Å². The minimum Gasteiger partial charge on any atom is -0.313 e. The Morgan fingerprint density at radius 1 is 1.25 bits per heavy atom. The summed E-state index contributed by atoms with van der Waals surface area (Å²) < 4.78 is 0. The summed E-state index contributed by atoms with van der Waals surface area (Å²) in [6.07, 6.45) is 2.73. The van der Waals surface area contributed by atoms with Crippen LogP contribution in [0, 0.1) is 13.8 Å². The van der Waals surface area contributed by atoms with Crippen molar-refractivity contribution in [1.82, 2.24) is 5.32 Å². The van der Waals surface area contributed by atoms with Crippen LogP contribution in [0.25, 0.3) is 0 Å². The third kappa shape index (κ3) is 2.65. The first-order valence-electron chi connectivity index (χ1n) is 6.30. The van der Waals surface area contributed by atoms with E-state index < -0.39 is 0 Å². The molecule has 88 valence electrons. The summed E-state index contributed by atoms with van der Waals surface area (Å²) in [5, 5.41) is 3.64. The van der Waals surface area contributed by atoms with Crippen molar-refractivity contribution in [1.29, 1.82) is 0 Å². The summed E-state index contributed by atoms with van der Waals surface area (Å²) in [4.78, 5) is 0. The van der Waals surface area contributed by atoms with Gasteiger partial charge in [0, 0.05) is 18.0 Å². The number of aryl methyl sites for hydroxylation is 2. The molecule has 1 aliphatic carbocycles. The van der Waals surface area contributed by atoms with Gasteiger partial charge < -0.3 is 5.32 Å². The van der Waals surface area contributed by atoms with E-state index >= 15 is 0 Å². The van der Waals surface area contributed by atoms with Gasteiger partial charge in [0.15, 0.2) is 0 Å². The zero-order valence-electron chi connectivity index (χ0n) is 10.9. The molecule has 1 saturated carbocycles. The summed E-state index contributed by atoms with van der Waals surface area (Å²) in [6.45, 7) is 10.2. The van der Waals surface area contributed by atoms with E-state index in [1.54, 1.807) is 0 Å². The van der Waals surface area contributed by atoms with E-state index in [-0.39, 0.29) is 5.41 Å². The first-order chi connectivity index (χ1) is 7.49. The van der Waals surface area contributed by atoms with Gasteiger partial charge in [-0.2, -0.15) is 0 Å². The molecule has 0 spiro atoms. The zero-order chi connectivity index (χ0) is 11.8. The van der Waals surface area contributed by atoms with Gasteiger partial charge in [0.05, 0.1) is 0 Å². The molecule has 0 bridgehead atoms. The van der Waals surface area contributed by atoms with Crippen LogP contribution in [0.1, 0.15) is 43.4 Å². The van der Waals surface area contributed by atoms with Gasteiger partial charge in [0.25, 0.3) is 0 Å². The summed E-state index contributed by atoms with van der Waals surface area (Å²) in [7, 11) is 0. The summed E-state index contributed by atoms with van der Waals surface area (Å²) in [5.41, 5.74) is 4.49. The second kappa shape index (κ2) is 4.21. The maximum atomic E-state index is 3.64. The maximum Gasteiger partial charge on any atom is 0.00685 e. The van der Waals surface area contributed by atoms with Gasteiger partial charge in [-0.1, -0.05) is 37.6 Å². The molecule has 0 heterocycles. The third-order valence-corrected chi connectivity index (χ3v) is 3.53. The monoisotopic (exact) mass is 217 g/mol. The van der Waals surface area contributed by atoms with Crippen molar-refractivity contribution in [2.24, 2.45) is 0 Å². The highest BCUT2D eigenvalue weighted by atomic mass is 15.0. The maximum absolute atomic E-state index is 3.64. The fraction of sp³-hybridized carbons (Fsp3) is 0.600. The van der Waals surface area contributed by atoms with Crippen LogP contribution < -0.4 is 5.32 Å². The lowest BCUT2D eigenvalue weighted by Crippen LogP contribution is -2.34. The van der Waals surface area contributed by atoms with Crippen LogP contribution in [0.2, 0.25) is 0 Å². The molecule has 1 N–H and O–H groups in total. The van der Waals surface area contributed by atoms with Crippen molar-refractivity contribution >= 4 is 0 Å². The molecule has 0 aliphatic heterocycles. The molecule has 1 nitrogen and oxygen atoms in total. The largest absolute Gasteiger partial charge is 0.313 e. The lowest BCUT2D eigenvalue weighted by Gasteiger charge is -2.28. The Labute approximate surface area is 99.3 Å². The molecular weight excluding hydrogens is 194 g/mol. The fourth-order valence-electron chi connectivity index (χ4n) is 2.25. The number of hydrogen-bond donors (Lipinski definition) is 1. The van der Waals surface area contributed by atoms with Crippen molar-refractivity contribution < 1.29 is 0 Å². The Morgan fingerprint density at radius 3 is 2.56 bits per heavy atom. The minimum absolute atomic E-state index is 0.235. The predicted octanol–water partition coefficient (Wildman–Crippen LogP) is 3.33. The van der Waals surface area contributed by atoms with Gasteiger partial charge in [-0.3, -0.25) is 0 Å². The average molecular weight is 217 g/mol. The fourth-order valence-corrected chi connectivity index (χ4v) is 2.25. The van der Waals surface area contributed by atoms with Crippen molar-refractivity contribution in [3.63, 3.8) is 0 Å². The lowest BCUT2D eigenvalue weighted by atomic mass is 9.81. The summed E-state index contributed by atoms with van der Waals surface area (Å²) in [6, 6.07) is 7.57. The van der Waals surface area contributed by atoms with Gasteiger partial charge >= 0.3 is 0 Å². The predicted molar refractivity (Wildman–Crippen MR) is 70.0 cm³/mol. The number of hydrogen-bond acceptors (Lipinski definition) is 1. The first-order valence-corrected chi connectivity index (χ1v) is 6.30. The van der Waals surface area contributed by atoms with Gasteiger partial charge in [-0.25, -0.2) is 0 Å². The molecule has 0 aromatic heterocycles. The second-order valence-corrected chi connectivity index (χ2v) is 5.86. The highest BCUT2D eigenvalue weighted by Crippen LogP contribution is 2.28. The average Bonchev–Trinajstić information content (AvgIpc) is 3.02. The van der Waals surface area contributed by atoms with Gasteiger partial charge in [-0.05, 0) is 37.8 Å². The van der Waals surface area contributed by atoms with E-state index in [9.17, 15) is 0 Å². The molecule has 0 radical (unpaired) electrons. The normalized spacial score (nSPS) is 16.5. The van der Waals surface area contributed by atoms with E-state index in [2.05, 4.69) is 51.2 Å². The number of rotatable bonds is 4. The highest BCUT2D eigenvalue weighted by molar-refractivity contribution is 5.36. The molecule has 1 aromatic carbocycles. The standard InChI is InChI=1S/C15H23N/c1-11-5-6-12(2)14(9-11)15(3,4)10-16-13-7-8-13/h5-6,9,13,16H,7-8,10H2,1-4H3. The molecule has 2 rings (SSSR count). The van der Waals surface area contributed by atoms with Crippen LogP contribution in [0.3, 0.4) is 0 Å². The van der Waals surface area contributed by atoms with E-state index in [1.807, 2.05) is 0 Å². The third-order valence-electron chi connectivity index (χ3n) is 3.53. The molecule has 0 amide bonds. The van der Waals surface area contributed by atoms with Crippen molar-refractivity contribution in [3.8, 4) is 0 Å². The van der Waals surface area contributed by atoms with Crippen LogP contribution in [0.5, 0.6) is 0 Å². The Balaban J connectivity index is 2.15.